The molecule has 2 saturated heterocycles. The number of rotatable bonds is 8. The lowest BCUT2D eigenvalue weighted by molar-refractivity contribution is 0.0141. The summed E-state index contributed by atoms with van der Waals surface area (Å²) < 4.78 is 27.2. The van der Waals surface area contributed by atoms with Gasteiger partial charge in [0, 0.05) is 51.0 Å². The Bertz CT molecular complexity index is 646. The second kappa shape index (κ2) is 10.7. The van der Waals surface area contributed by atoms with Gasteiger partial charge in [0.05, 0.1) is 34.5 Å². The number of hydrogen-bond donors (Lipinski definition) is 0. The lowest BCUT2D eigenvalue weighted by Crippen LogP contribution is -2.48. The molecule has 0 unspecified atom stereocenters. The predicted octanol–water partition coefficient (Wildman–Crippen LogP) is 1.67. The van der Waals surface area contributed by atoms with Crippen molar-refractivity contribution in [3.8, 4) is 17.2 Å². The van der Waals surface area contributed by atoms with Gasteiger partial charge in [0.25, 0.3) is 5.91 Å². The van der Waals surface area contributed by atoms with Crippen molar-refractivity contribution in [1.29, 1.82) is 0 Å². The van der Waals surface area contributed by atoms with E-state index in [1.54, 1.807) is 33.5 Å². The molecule has 0 radical (unpaired) electrons. The third kappa shape index (κ3) is 5.32. The Hall–Kier alpha value is -2.03. The zero-order valence-electron chi connectivity index (χ0n) is 17.6. The number of methoxy groups -OCH3 is 3. The number of nitrogens with zero attached hydrogens (tertiary/aromatic N) is 2. The van der Waals surface area contributed by atoms with Crippen LogP contribution in [-0.2, 0) is 9.47 Å². The van der Waals surface area contributed by atoms with E-state index in [2.05, 4.69) is 4.90 Å². The minimum atomic E-state index is -0.0237. The van der Waals surface area contributed by atoms with E-state index in [1.807, 2.05) is 4.90 Å². The lowest BCUT2D eigenvalue weighted by Gasteiger charge is -2.36. The molecule has 0 bridgehead atoms. The minimum absolute atomic E-state index is 0.0237. The van der Waals surface area contributed by atoms with Gasteiger partial charge in [-0.3, -0.25) is 9.69 Å². The number of carbonyl (C=O) groups is 1. The fourth-order valence-electron chi connectivity index (χ4n) is 3.89. The molecule has 1 amide bonds. The first kappa shape index (κ1) is 21.7. The molecular weight excluding hydrogens is 376 g/mol. The van der Waals surface area contributed by atoms with Crippen molar-refractivity contribution >= 4 is 5.91 Å². The summed E-state index contributed by atoms with van der Waals surface area (Å²) in [4.78, 5) is 17.9. The van der Waals surface area contributed by atoms with E-state index >= 15 is 0 Å². The molecule has 0 aliphatic carbocycles. The number of benzene rings is 1. The first-order valence-corrected chi connectivity index (χ1v) is 10.2. The van der Waals surface area contributed by atoms with Crippen LogP contribution in [0.2, 0.25) is 0 Å². The Labute approximate surface area is 172 Å². The summed E-state index contributed by atoms with van der Waals surface area (Å²) in [6.07, 6.45) is 1.69. The average molecular weight is 408 g/mol. The van der Waals surface area contributed by atoms with Gasteiger partial charge in [0.2, 0.25) is 5.75 Å². The molecule has 0 aromatic heterocycles. The van der Waals surface area contributed by atoms with E-state index in [0.717, 1.165) is 45.7 Å². The highest BCUT2D eigenvalue weighted by atomic mass is 16.5. The molecule has 0 spiro atoms. The summed E-state index contributed by atoms with van der Waals surface area (Å²) in [6.45, 7) is 6.16. The first-order valence-electron chi connectivity index (χ1n) is 10.2. The molecule has 2 aliphatic heterocycles. The molecule has 2 aliphatic rings. The van der Waals surface area contributed by atoms with Gasteiger partial charge in [0.1, 0.15) is 0 Å². The SMILES string of the molecule is COc1cc(C(=O)N(CCN2CCOCC2)C2CCOCC2)cc(OC)c1OC. The van der Waals surface area contributed by atoms with Gasteiger partial charge in [-0.1, -0.05) is 0 Å². The standard InChI is InChI=1S/C21H32N2O6/c1-25-18-14-16(15-19(26-2)20(18)27-3)21(24)23(17-4-10-28-11-5-17)7-6-22-8-12-29-13-9-22/h14-15,17H,4-13H2,1-3H3. The number of morpholine rings is 1. The van der Waals surface area contributed by atoms with Gasteiger partial charge in [-0.15, -0.1) is 0 Å². The quantitative estimate of drug-likeness (QED) is 0.648. The predicted molar refractivity (Wildman–Crippen MR) is 108 cm³/mol. The maximum absolute atomic E-state index is 13.5. The van der Waals surface area contributed by atoms with Crippen molar-refractivity contribution in [2.24, 2.45) is 0 Å². The largest absolute Gasteiger partial charge is 0.493 e. The Morgan fingerprint density at radius 2 is 1.59 bits per heavy atom. The van der Waals surface area contributed by atoms with E-state index in [9.17, 15) is 4.79 Å². The van der Waals surface area contributed by atoms with Crippen molar-refractivity contribution in [1.82, 2.24) is 9.80 Å². The van der Waals surface area contributed by atoms with Crippen molar-refractivity contribution in [2.75, 3.05) is 73.9 Å². The maximum Gasteiger partial charge on any atom is 0.254 e. The summed E-state index contributed by atoms with van der Waals surface area (Å²) in [5.41, 5.74) is 0.535. The zero-order valence-corrected chi connectivity index (χ0v) is 17.6. The Kier molecular flexibility index (Phi) is 7.97. The van der Waals surface area contributed by atoms with E-state index in [1.165, 1.54) is 0 Å². The highest BCUT2D eigenvalue weighted by Crippen LogP contribution is 2.38. The highest BCUT2D eigenvalue weighted by Gasteiger charge is 2.29. The van der Waals surface area contributed by atoms with Crippen LogP contribution >= 0.6 is 0 Å². The molecule has 3 rings (SSSR count). The first-order chi connectivity index (χ1) is 14.2. The molecule has 0 atom stereocenters. The average Bonchev–Trinajstić information content (AvgIpc) is 2.79. The van der Waals surface area contributed by atoms with Gasteiger partial charge < -0.3 is 28.6 Å². The summed E-state index contributed by atoms with van der Waals surface area (Å²) in [5.74, 6) is 1.42. The molecule has 2 fully saturated rings. The maximum atomic E-state index is 13.5. The molecule has 2 heterocycles. The van der Waals surface area contributed by atoms with E-state index in [4.69, 9.17) is 23.7 Å². The van der Waals surface area contributed by atoms with Crippen molar-refractivity contribution < 1.29 is 28.5 Å². The number of amides is 1. The molecule has 8 nitrogen and oxygen atoms in total. The summed E-state index contributed by atoms with van der Waals surface area (Å²) in [5, 5.41) is 0. The van der Waals surface area contributed by atoms with Crippen LogP contribution in [0.5, 0.6) is 17.2 Å². The summed E-state index contributed by atoms with van der Waals surface area (Å²) in [6, 6.07) is 3.62. The lowest BCUT2D eigenvalue weighted by atomic mass is 10.0. The third-order valence-corrected chi connectivity index (χ3v) is 5.56. The summed E-state index contributed by atoms with van der Waals surface area (Å²) in [7, 11) is 4.67. The summed E-state index contributed by atoms with van der Waals surface area (Å²) >= 11 is 0. The van der Waals surface area contributed by atoms with Crippen LogP contribution < -0.4 is 14.2 Å². The molecule has 0 saturated carbocycles. The molecule has 1 aromatic carbocycles. The van der Waals surface area contributed by atoms with Gasteiger partial charge >= 0.3 is 0 Å². The van der Waals surface area contributed by atoms with Crippen LogP contribution in [0, 0.1) is 0 Å². The fraction of sp³-hybridized carbons (Fsp3) is 0.667. The topological polar surface area (TPSA) is 69.7 Å². The third-order valence-electron chi connectivity index (χ3n) is 5.56. The normalized spacial score (nSPS) is 18.3. The van der Waals surface area contributed by atoms with Crippen molar-refractivity contribution in [2.45, 2.75) is 18.9 Å². The Balaban J connectivity index is 1.82. The molecular formula is C21H32N2O6. The Morgan fingerprint density at radius 3 is 2.14 bits per heavy atom. The van der Waals surface area contributed by atoms with Crippen molar-refractivity contribution in [3.05, 3.63) is 17.7 Å². The van der Waals surface area contributed by atoms with E-state index < -0.39 is 0 Å². The molecule has 162 valence electrons. The molecule has 29 heavy (non-hydrogen) atoms. The molecule has 0 N–H and O–H groups in total. The van der Waals surface area contributed by atoms with Crippen LogP contribution in [0.15, 0.2) is 12.1 Å². The van der Waals surface area contributed by atoms with Gasteiger partial charge in [0.15, 0.2) is 11.5 Å². The molecule has 8 heteroatoms. The fourth-order valence-corrected chi connectivity index (χ4v) is 3.89. The van der Waals surface area contributed by atoms with Gasteiger partial charge in [-0.25, -0.2) is 0 Å². The second-order valence-electron chi connectivity index (χ2n) is 7.21. The van der Waals surface area contributed by atoms with Gasteiger partial charge in [-0.05, 0) is 25.0 Å². The minimum Gasteiger partial charge on any atom is -0.493 e. The van der Waals surface area contributed by atoms with Crippen LogP contribution in [0.25, 0.3) is 0 Å². The second-order valence-corrected chi connectivity index (χ2v) is 7.21. The van der Waals surface area contributed by atoms with Crippen LogP contribution in [0.1, 0.15) is 23.2 Å². The number of ether oxygens (including phenoxy) is 5. The smallest absolute Gasteiger partial charge is 0.254 e. The van der Waals surface area contributed by atoms with E-state index in [0.29, 0.717) is 42.6 Å². The van der Waals surface area contributed by atoms with Gasteiger partial charge in [-0.2, -0.15) is 0 Å². The van der Waals surface area contributed by atoms with Crippen LogP contribution in [0.4, 0.5) is 0 Å². The van der Waals surface area contributed by atoms with Crippen LogP contribution in [0.3, 0.4) is 0 Å². The highest BCUT2D eigenvalue weighted by molar-refractivity contribution is 5.96. The number of hydrogen-bond acceptors (Lipinski definition) is 7. The Morgan fingerprint density at radius 1 is 1.00 bits per heavy atom. The van der Waals surface area contributed by atoms with Crippen LogP contribution in [-0.4, -0.2) is 95.7 Å². The zero-order chi connectivity index (χ0) is 20.6. The number of carbonyl (C=O) groups excluding carboxylic acids is 1. The monoisotopic (exact) mass is 408 g/mol. The molecule has 1 aromatic rings. The van der Waals surface area contributed by atoms with E-state index in [-0.39, 0.29) is 11.9 Å². The van der Waals surface area contributed by atoms with Crippen molar-refractivity contribution in [3.63, 3.8) is 0 Å².